The third-order valence-corrected chi connectivity index (χ3v) is 3.04. The van der Waals surface area contributed by atoms with E-state index in [0.29, 0.717) is 0 Å². The molecule has 1 rings (SSSR count). The van der Waals surface area contributed by atoms with Crippen molar-refractivity contribution in [2.45, 2.75) is 11.4 Å². The van der Waals surface area contributed by atoms with E-state index in [4.69, 9.17) is 9.47 Å². The summed E-state index contributed by atoms with van der Waals surface area (Å²) in [5, 5.41) is 3.30. The number of hydrogen-bond donors (Lipinski definition) is 1. The molecule has 0 aliphatic carbocycles. The zero-order valence-corrected chi connectivity index (χ0v) is 10.9. The molecule has 1 aromatic carbocycles. The van der Waals surface area contributed by atoms with E-state index in [-0.39, 0.29) is 0 Å². The van der Waals surface area contributed by atoms with Crippen molar-refractivity contribution >= 4 is 11.8 Å². The monoisotopic (exact) mass is 241 g/mol. The number of ether oxygens (including phenoxy) is 2. The molecule has 0 aromatic heterocycles. The van der Waals surface area contributed by atoms with Gasteiger partial charge in [0.05, 0.1) is 13.7 Å². The minimum Gasteiger partial charge on any atom is -0.496 e. The predicted octanol–water partition coefficient (Wildman–Crippen LogP) is 2.15. The van der Waals surface area contributed by atoms with Crippen LogP contribution in [0.5, 0.6) is 5.75 Å². The molecule has 0 bridgehead atoms. The minimum atomic E-state index is 0.736. The van der Waals surface area contributed by atoms with E-state index < -0.39 is 0 Å². The molecule has 1 N–H and O–H groups in total. The Morgan fingerprint density at radius 2 is 2.12 bits per heavy atom. The van der Waals surface area contributed by atoms with Gasteiger partial charge in [-0.2, -0.15) is 0 Å². The fraction of sp³-hybridized carbons (Fsp3) is 0.500. The zero-order valence-electron chi connectivity index (χ0n) is 10.1. The molecule has 0 fully saturated rings. The maximum atomic E-state index is 5.33. The minimum absolute atomic E-state index is 0.736. The Morgan fingerprint density at radius 3 is 2.75 bits per heavy atom. The van der Waals surface area contributed by atoms with E-state index in [1.54, 1.807) is 26.0 Å². The van der Waals surface area contributed by atoms with Gasteiger partial charge in [-0.05, 0) is 24.0 Å². The molecule has 0 heterocycles. The van der Waals surface area contributed by atoms with Crippen LogP contribution in [0.1, 0.15) is 5.56 Å². The van der Waals surface area contributed by atoms with Crippen LogP contribution in [0.3, 0.4) is 0 Å². The van der Waals surface area contributed by atoms with E-state index in [2.05, 4.69) is 23.5 Å². The van der Waals surface area contributed by atoms with Gasteiger partial charge in [0.25, 0.3) is 0 Å². The van der Waals surface area contributed by atoms with Crippen molar-refractivity contribution < 1.29 is 9.47 Å². The second kappa shape index (κ2) is 7.54. The highest BCUT2D eigenvalue weighted by atomic mass is 32.2. The average Bonchev–Trinajstić information content (AvgIpc) is 2.34. The summed E-state index contributed by atoms with van der Waals surface area (Å²) in [6.45, 7) is 2.44. The van der Waals surface area contributed by atoms with Crippen LogP contribution < -0.4 is 10.1 Å². The smallest absolute Gasteiger partial charge is 0.132 e. The molecule has 4 heteroatoms. The fourth-order valence-corrected chi connectivity index (χ4v) is 1.95. The van der Waals surface area contributed by atoms with Gasteiger partial charge in [0.1, 0.15) is 5.75 Å². The summed E-state index contributed by atoms with van der Waals surface area (Å²) in [5.74, 6) is 0.943. The number of benzene rings is 1. The lowest BCUT2D eigenvalue weighted by Gasteiger charge is -2.09. The Kier molecular flexibility index (Phi) is 6.30. The number of hydrogen-bond acceptors (Lipinski definition) is 4. The molecule has 0 amide bonds. The van der Waals surface area contributed by atoms with Crippen molar-refractivity contribution in [1.82, 2.24) is 5.32 Å². The molecular formula is C12H19NO2S. The van der Waals surface area contributed by atoms with Gasteiger partial charge in [0.15, 0.2) is 0 Å². The summed E-state index contributed by atoms with van der Waals surface area (Å²) in [4.78, 5) is 1.17. The first-order valence-electron chi connectivity index (χ1n) is 5.22. The highest BCUT2D eigenvalue weighted by Gasteiger charge is 2.02. The van der Waals surface area contributed by atoms with E-state index in [0.717, 1.165) is 25.4 Å². The maximum Gasteiger partial charge on any atom is 0.132 e. The van der Waals surface area contributed by atoms with Gasteiger partial charge in [-0.3, -0.25) is 0 Å². The topological polar surface area (TPSA) is 30.5 Å². The van der Waals surface area contributed by atoms with E-state index >= 15 is 0 Å². The van der Waals surface area contributed by atoms with E-state index in [9.17, 15) is 0 Å². The molecule has 0 aliphatic heterocycles. The molecule has 0 spiro atoms. The van der Waals surface area contributed by atoms with Crippen LogP contribution in [0.2, 0.25) is 0 Å². The van der Waals surface area contributed by atoms with Crippen molar-refractivity contribution in [2.75, 3.05) is 33.6 Å². The van der Waals surface area contributed by atoms with Gasteiger partial charge in [0, 0.05) is 25.1 Å². The molecule has 90 valence electrons. The SMILES string of the molecule is COCCNCc1ccc(SC)c(OC)c1. The molecule has 0 radical (unpaired) electrons. The van der Waals surface area contributed by atoms with Crippen molar-refractivity contribution in [3.8, 4) is 5.75 Å². The van der Waals surface area contributed by atoms with Crippen LogP contribution in [0.15, 0.2) is 23.1 Å². The van der Waals surface area contributed by atoms with Crippen LogP contribution in [-0.4, -0.2) is 33.6 Å². The standard InChI is InChI=1S/C12H19NO2S/c1-14-7-6-13-9-10-4-5-12(16-3)11(8-10)15-2/h4-5,8,13H,6-7,9H2,1-3H3. The molecule has 0 unspecified atom stereocenters. The maximum absolute atomic E-state index is 5.33. The molecule has 0 saturated heterocycles. The first-order valence-corrected chi connectivity index (χ1v) is 6.45. The van der Waals surface area contributed by atoms with Crippen molar-refractivity contribution in [1.29, 1.82) is 0 Å². The largest absolute Gasteiger partial charge is 0.496 e. The summed E-state index contributed by atoms with van der Waals surface area (Å²) in [6.07, 6.45) is 2.05. The number of thioether (sulfide) groups is 1. The van der Waals surface area contributed by atoms with Crippen LogP contribution in [0.4, 0.5) is 0 Å². The Balaban J connectivity index is 2.54. The molecular weight excluding hydrogens is 222 g/mol. The molecule has 1 aromatic rings. The first kappa shape index (κ1) is 13.4. The van der Waals surface area contributed by atoms with Crippen molar-refractivity contribution in [2.24, 2.45) is 0 Å². The van der Waals surface area contributed by atoms with E-state index in [1.165, 1.54) is 10.5 Å². The molecule has 0 saturated carbocycles. The zero-order chi connectivity index (χ0) is 11.8. The van der Waals surface area contributed by atoms with Crippen molar-refractivity contribution in [3.63, 3.8) is 0 Å². The summed E-state index contributed by atoms with van der Waals surface area (Å²) in [6, 6.07) is 6.29. The summed E-state index contributed by atoms with van der Waals surface area (Å²) >= 11 is 1.70. The third-order valence-electron chi connectivity index (χ3n) is 2.26. The van der Waals surface area contributed by atoms with E-state index in [1.807, 2.05) is 6.26 Å². The lowest BCUT2D eigenvalue weighted by atomic mass is 10.2. The molecule has 16 heavy (non-hydrogen) atoms. The van der Waals surface area contributed by atoms with Gasteiger partial charge in [-0.1, -0.05) is 6.07 Å². The fourth-order valence-electron chi connectivity index (χ4n) is 1.40. The highest BCUT2D eigenvalue weighted by Crippen LogP contribution is 2.28. The first-order chi connectivity index (χ1) is 7.81. The number of nitrogens with one attached hydrogen (secondary N) is 1. The predicted molar refractivity (Wildman–Crippen MR) is 68.4 cm³/mol. The molecule has 0 aliphatic rings. The quantitative estimate of drug-likeness (QED) is 0.585. The highest BCUT2D eigenvalue weighted by molar-refractivity contribution is 7.98. The Bertz CT molecular complexity index is 318. The Morgan fingerprint density at radius 1 is 1.31 bits per heavy atom. The van der Waals surface area contributed by atoms with Crippen molar-refractivity contribution in [3.05, 3.63) is 23.8 Å². The Labute approximate surface area is 102 Å². The number of methoxy groups -OCH3 is 2. The third kappa shape index (κ3) is 4.04. The number of rotatable bonds is 7. The second-order valence-corrected chi connectivity index (χ2v) is 4.21. The van der Waals surface area contributed by atoms with Crippen LogP contribution >= 0.6 is 11.8 Å². The Hall–Kier alpha value is -0.710. The molecule has 0 atom stereocenters. The summed E-state index contributed by atoms with van der Waals surface area (Å²) in [5.41, 5.74) is 1.23. The van der Waals surface area contributed by atoms with Crippen LogP contribution in [0.25, 0.3) is 0 Å². The van der Waals surface area contributed by atoms with Gasteiger partial charge in [-0.25, -0.2) is 0 Å². The summed E-state index contributed by atoms with van der Waals surface area (Å²) < 4.78 is 10.3. The van der Waals surface area contributed by atoms with Gasteiger partial charge < -0.3 is 14.8 Å². The van der Waals surface area contributed by atoms with Gasteiger partial charge in [0.2, 0.25) is 0 Å². The lowest BCUT2D eigenvalue weighted by Crippen LogP contribution is -2.18. The van der Waals surface area contributed by atoms with Crippen LogP contribution in [-0.2, 0) is 11.3 Å². The summed E-state index contributed by atoms with van der Waals surface area (Å²) in [7, 11) is 3.41. The lowest BCUT2D eigenvalue weighted by molar-refractivity contribution is 0.199. The molecule has 3 nitrogen and oxygen atoms in total. The van der Waals surface area contributed by atoms with Gasteiger partial charge >= 0.3 is 0 Å². The second-order valence-electron chi connectivity index (χ2n) is 3.36. The average molecular weight is 241 g/mol. The van der Waals surface area contributed by atoms with Crippen LogP contribution in [0, 0.1) is 0 Å². The van der Waals surface area contributed by atoms with Gasteiger partial charge in [-0.15, -0.1) is 11.8 Å². The normalized spacial score (nSPS) is 10.4.